The zero-order valence-electron chi connectivity index (χ0n) is 11.4. The van der Waals surface area contributed by atoms with Crippen molar-refractivity contribution in [2.45, 2.75) is 4.90 Å². The lowest BCUT2D eigenvalue weighted by molar-refractivity contribution is 0.937. The van der Waals surface area contributed by atoms with Crippen LogP contribution < -0.4 is 0 Å². The Labute approximate surface area is 126 Å². The fraction of sp³-hybridized carbons (Fsp3) is 0.0625. The van der Waals surface area contributed by atoms with Crippen molar-refractivity contribution >= 4 is 11.8 Å². The van der Waals surface area contributed by atoms with Crippen molar-refractivity contribution < 1.29 is 0 Å². The number of aromatic amines is 1. The molecule has 1 N–H and O–H groups in total. The van der Waals surface area contributed by atoms with Crippen LogP contribution in [0.1, 0.15) is 5.69 Å². The van der Waals surface area contributed by atoms with Gasteiger partial charge in [-0.3, -0.25) is 0 Å². The topological polar surface area (TPSA) is 65.4 Å². The number of hydrogen-bond donors (Lipinski definition) is 1. The smallest absolute Gasteiger partial charge is 0.190 e. The SMILES string of the molecule is CSc1cccc(-c2cccc(-c3n[nH]nc3C#N)c2)c1. The summed E-state index contributed by atoms with van der Waals surface area (Å²) in [6, 6.07) is 18.4. The first kappa shape index (κ1) is 13.4. The fourth-order valence-electron chi connectivity index (χ4n) is 2.16. The number of nitrogens with one attached hydrogen (secondary N) is 1. The molecule has 0 fully saturated rings. The summed E-state index contributed by atoms with van der Waals surface area (Å²) in [4.78, 5) is 1.22. The molecule has 1 heterocycles. The van der Waals surface area contributed by atoms with E-state index in [1.807, 2.05) is 30.3 Å². The summed E-state index contributed by atoms with van der Waals surface area (Å²) in [5.41, 5.74) is 4.01. The van der Waals surface area contributed by atoms with Crippen LogP contribution in [0.5, 0.6) is 0 Å². The molecule has 1 aromatic heterocycles. The van der Waals surface area contributed by atoms with Gasteiger partial charge in [0.2, 0.25) is 0 Å². The van der Waals surface area contributed by atoms with E-state index < -0.39 is 0 Å². The minimum absolute atomic E-state index is 0.310. The molecule has 0 saturated heterocycles. The van der Waals surface area contributed by atoms with Gasteiger partial charge in [-0.2, -0.15) is 15.6 Å². The van der Waals surface area contributed by atoms with Crippen LogP contribution >= 0.6 is 11.8 Å². The van der Waals surface area contributed by atoms with E-state index in [0.717, 1.165) is 16.7 Å². The molecule has 21 heavy (non-hydrogen) atoms. The van der Waals surface area contributed by atoms with Gasteiger partial charge < -0.3 is 0 Å². The van der Waals surface area contributed by atoms with Crippen LogP contribution in [0.25, 0.3) is 22.4 Å². The number of nitriles is 1. The molecular formula is C16H12N4S. The number of nitrogens with zero attached hydrogens (tertiary/aromatic N) is 3. The second-order valence-electron chi connectivity index (χ2n) is 4.45. The molecule has 0 saturated carbocycles. The fourth-order valence-corrected chi connectivity index (χ4v) is 2.62. The van der Waals surface area contributed by atoms with E-state index in [9.17, 15) is 0 Å². The molecule has 0 aliphatic carbocycles. The van der Waals surface area contributed by atoms with Gasteiger partial charge >= 0.3 is 0 Å². The van der Waals surface area contributed by atoms with Crippen molar-refractivity contribution in [3.05, 3.63) is 54.2 Å². The molecule has 0 amide bonds. The predicted octanol–water partition coefficient (Wildman–Crippen LogP) is 3.73. The van der Waals surface area contributed by atoms with Crippen LogP contribution in [0.2, 0.25) is 0 Å². The van der Waals surface area contributed by atoms with Gasteiger partial charge in [0.05, 0.1) is 0 Å². The number of H-pyrrole nitrogens is 1. The summed E-state index contributed by atoms with van der Waals surface area (Å²) in [7, 11) is 0. The highest BCUT2D eigenvalue weighted by Crippen LogP contribution is 2.28. The van der Waals surface area contributed by atoms with E-state index in [4.69, 9.17) is 5.26 Å². The largest absolute Gasteiger partial charge is 0.196 e. The quantitative estimate of drug-likeness (QED) is 0.747. The third-order valence-corrected chi connectivity index (χ3v) is 3.92. The van der Waals surface area contributed by atoms with Crippen LogP contribution in [0.4, 0.5) is 0 Å². The van der Waals surface area contributed by atoms with Gasteiger partial charge in [0.1, 0.15) is 11.8 Å². The Morgan fingerprint density at radius 2 is 1.71 bits per heavy atom. The van der Waals surface area contributed by atoms with Gasteiger partial charge in [-0.25, -0.2) is 0 Å². The van der Waals surface area contributed by atoms with E-state index in [2.05, 4.69) is 45.9 Å². The van der Waals surface area contributed by atoms with Crippen LogP contribution in [-0.4, -0.2) is 21.7 Å². The molecular weight excluding hydrogens is 280 g/mol. The molecule has 0 spiro atoms. The van der Waals surface area contributed by atoms with E-state index in [1.165, 1.54) is 4.90 Å². The summed E-state index contributed by atoms with van der Waals surface area (Å²) >= 11 is 1.72. The summed E-state index contributed by atoms with van der Waals surface area (Å²) < 4.78 is 0. The van der Waals surface area contributed by atoms with Gasteiger partial charge in [-0.1, -0.05) is 30.3 Å². The van der Waals surface area contributed by atoms with Gasteiger partial charge in [0.25, 0.3) is 0 Å². The van der Waals surface area contributed by atoms with Crippen LogP contribution in [0.15, 0.2) is 53.4 Å². The van der Waals surface area contributed by atoms with Crippen molar-refractivity contribution in [3.63, 3.8) is 0 Å². The Balaban J connectivity index is 2.06. The Hall–Kier alpha value is -2.58. The molecule has 102 valence electrons. The highest BCUT2D eigenvalue weighted by Gasteiger charge is 2.10. The van der Waals surface area contributed by atoms with Crippen molar-refractivity contribution in [1.82, 2.24) is 15.4 Å². The third-order valence-electron chi connectivity index (χ3n) is 3.19. The van der Waals surface area contributed by atoms with Crippen LogP contribution in [0, 0.1) is 11.3 Å². The first-order valence-corrected chi connectivity index (χ1v) is 7.60. The molecule has 3 rings (SSSR count). The lowest BCUT2D eigenvalue weighted by atomic mass is 10.0. The molecule has 0 bridgehead atoms. The summed E-state index contributed by atoms with van der Waals surface area (Å²) in [6.45, 7) is 0. The van der Waals surface area contributed by atoms with Gasteiger partial charge in [0.15, 0.2) is 5.69 Å². The third kappa shape index (κ3) is 2.67. The lowest BCUT2D eigenvalue weighted by Crippen LogP contribution is -1.85. The Morgan fingerprint density at radius 1 is 1.00 bits per heavy atom. The van der Waals surface area contributed by atoms with Gasteiger partial charge in [-0.05, 0) is 35.6 Å². The molecule has 4 nitrogen and oxygen atoms in total. The maximum Gasteiger partial charge on any atom is 0.190 e. The Bertz CT molecular complexity index is 817. The molecule has 0 unspecified atom stereocenters. The van der Waals surface area contributed by atoms with Gasteiger partial charge in [0, 0.05) is 10.5 Å². The molecule has 0 aliphatic heterocycles. The second-order valence-corrected chi connectivity index (χ2v) is 5.33. The van der Waals surface area contributed by atoms with Crippen molar-refractivity contribution in [1.29, 1.82) is 5.26 Å². The van der Waals surface area contributed by atoms with Crippen LogP contribution in [-0.2, 0) is 0 Å². The number of aromatic nitrogens is 3. The molecule has 5 heteroatoms. The average molecular weight is 292 g/mol. The zero-order valence-corrected chi connectivity index (χ0v) is 12.2. The average Bonchev–Trinajstić information content (AvgIpc) is 3.03. The van der Waals surface area contributed by atoms with Crippen molar-refractivity contribution in [3.8, 4) is 28.5 Å². The maximum atomic E-state index is 9.05. The summed E-state index contributed by atoms with van der Waals surface area (Å²) in [5.74, 6) is 0. The van der Waals surface area contributed by atoms with Gasteiger partial charge in [-0.15, -0.1) is 16.9 Å². The summed E-state index contributed by atoms with van der Waals surface area (Å²) in [5, 5.41) is 19.5. The van der Waals surface area contributed by atoms with Crippen LogP contribution in [0.3, 0.4) is 0 Å². The highest BCUT2D eigenvalue weighted by atomic mass is 32.2. The lowest BCUT2D eigenvalue weighted by Gasteiger charge is -2.05. The highest BCUT2D eigenvalue weighted by molar-refractivity contribution is 7.98. The first-order valence-electron chi connectivity index (χ1n) is 6.37. The van der Waals surface area contributed by atoms with E-state index in [0.29, 0.717) is 11.4 Å². The Kier molecular flexibility index (Phi) is 3.71. The summed E-state index contributed by atoms with van der Waals surface area (Å²) in [6.07, 6.45) is 2.06. The number of benzene rings is 2. The zero-order chi connectivity index (χ0) is 14.7. The second kappa shape index (κ2) is 5.81. The molecule has 0 radical (unpaired) electrons. The van der Waals surface area contributed by atoms with E-state index in [-0.39, 0.29) is 0 Å². The number of hydrogen-bond acceptors (Lipinski definition) is 4. The first-order chi connectivity index (χ1) is 10.3. The maximum absolute atomic E-state index is 9.05. The minimum Gasteiger partial charge on any atom is -0.196 e. The van der Waals surface area contributed by atoms with Crippen molar-refractivity contribution in [2.24, 2.45) is 0 Å². The molecule has 3 aromatic rings. The normalized spacial score (nSPS) is 10.3. The standard InChI is InChI=1S/C16H12N4S/c1-21-14-7-3-5-12(9-14)11-4-2-6-13(8-11)16-15(10-17)18-20-19-16/h2-9H,1H3,(H,18,19,20). The molecule has 0 aliphatic rings. The van der Waals surface area contributed by atoms with E-state index >= 15 is 0 Å². The number of thioether (sulfide) groups is 1. The van der Waals surface area contributed by atoms with Crippen molar-refractivity contribution in [2.75, 3.05) is 6.26 Å². The molecule has 2 aromatic carbocycles. The van der Waals surface area contributed by atoms with E-state index in [1.54, 1.807) is 11.8 Å². The Morgan fingerprint density at radius 3 is 2.48 bits per heavy atom. The monoisotopic (exact) mass is 292 g/mol. The minimum atomic E-state index is 0.310. The molecule has 0 atom stereocenters. The number of rotatable bonds is 3. The predicted molar refractivity (Wildman–Crippen MR) is 83.8 cm³/mol.